The third-order valence-electron chi connectivity index (χ3n) is 3.85. The van der Waals surface area contributed by atoms with Gasteiger partial charge in [0.2, 0.25) is 11.9 Å². The van der Waals surface area contributed by atoms with Crippen molar-refractivity contribution in [1.29, 1.82) is 0 Å². The molecular formula is C13H18N6O5. The normalized spacial score (nSPS) is 30.4. The number of hydrogen-bond acceptors (Lipinski definition) is 9. The van der Waals surface area contributed by atoms with Gasteiger partial charge >= 0.3 is 0 Å². The number of nitrogens with two attached hydrogens (primary N) is 1. The van der Waals surface area contributed by atoms with E-state index in [-0.39, 0.29) is 18.4 Å². The zero-order valence-electron chi connectivity index (χ0n) is 12.8. The molecule has 11 heteroatoms. The highest BCUT2D eigenvalue weighted by Gasteiger charge is 2.44. The maximum absolute atomic E-state index is 11.1. The van der Waals surface area contributed by atoms with Crippen LogP contribution in [0, 0.1) is 0 Å². The molecule has 1 saturated heterocycles. The van der Waals surface area contributed by atoms with Gasteiger partial charge in [-0.25, -0.2) is 9.97 Å². The van der Waals surface area contributed by atoms with Gasteiger partial charge in [0.25, 0.3) is 0 Å². The number of amides is 1. The minimum absolute atomic E-state index is 0.0185. The third kappa shape index (κ3) is 2.89. The zero-order valence-corrected chi connectivity index (χ0v) is 12.8. The Bertz CT molecular complexity index is 752. The number of imidazole rings is 1. The molecule has 0 spiro atoms. The molecule has 3 rings (SSSR count). The number of hydrogen-bond donors (Lipinski definition) is 5. The van der Waals surface area contributed by atoms with Gasteiger partial charge in [0.1, 0.15) is 29.9 Å². The Morgan fingerprint density at radius 1 is 1.33 bits per heavy atom. The van der Waals surface area contributed by atoms with Crippen LogP contribution in [0.25, 0.3) is 11.2 Å². The molecule has 11 nitrogen and oxygen atoms in total. The number of aromatic nitrogens is 4. The summed E-state index contributed by atoms with van der Waals surface area (Å²) in [4.78, 5) is 23.0. The van der Waals surface area contributed by atoms with Crippen LogP contribution in [0.2, 0.25) is 0 Å². The molecule has 0 unspecified atom stereocenters. The summed E-state index contributed by atoms with van der Waals surface area (Å²) < 4.78 is 7.07. The van der Waals surface area contributed by atoms with Crippen LogP contribution in [0.3, 0.4) is 0 Å². The molecule has 1 aliphatic heterocycles. The zero-order chi connectivity index (χ0) is 17.4. The summed E-state index contributed by atoms with van der Waals surface area (Å²) >= 11 is 0. The molecule has 24 heavy (non-hydrogen) atoms. The molecule has 0 bridgehead atoms. The first-order valence-electron chi connectivity index (χ1n) is 7.27. The first kappa shape index (κ1) is 16.5. The maximum Gasteiger partial charge on any atom is 0.222 e. The second-order valence-corrected chi connectivity index (χ2v) is 5.56. The van der Waals surface area contributed by atoms with Gasteiger partial charge in [-0.1, -0.05) is 0 Å². The molecule has 0 radical (unpaired) electrons. The molecule has 3 heterocycles. The Labute approximate surface area is 136 Å². The fourth-order valence-corrected chi connectivity index (χ4v) is 2.60. The van der Waals surface area contributed by atoms with Crippen LogP contribution in [0.4, 0.5) is 5.95 Å². The Balaban J connectivity index is 1.92. The quantitative estimate of drug-likeness (QED) is 0.407. The lowest BCUT2D eigenvalue weighted by Gasteiger charge is -2.41. The van der Waals surface area contributed by atoms with E-state index in [2.05, 4.69) is 20.3 Å². The number of rotatable bonds is 3. The van der Waals surface area contributed by atoms with E-state index >= 15 is 0 Å². The first-order chi connectivity index (χ1) is 11.4. The van der Waals surface area contributed by atoms with E-state index in [1.807, 2.05) is 0 Å². The maximum atomic E-state index is 11.1. The number of nitrogen functional groups attached to an aromatic ring is 1. The molecule has 6 N–H and O–H groups in total. The number of nitrogens with zero attached hydrogens (tertiary/aromatic N) is 4. The fourth-order valence-electron chi connectivity index (χ4n) is 2.60. The standard InChI is InChI=1S/C13H18N6O5/c1-5(20)15-3-7-8(21)9(22)10(23)12(24-7)19-4-17-6-2-16-13(14)18-11(6)19/h2,4,7-10,12,21-23H,3H2,1H3,(H,15,20)(H2,14,16,18)/t7-,8-,9+,10-,12-/m1/s1. The Hall–Kier alpha value is -2.34. The molecular weight excluding hydrogens is 320 g/mol. The van der Waals surface area contributed by atoms with Gasteiger partial charge in [-0.3, -0.25) is 9.36 Å². The largest absolute Gasteiger partial charge is 0.388 e. The van der Waals surface area contributed by atoms with Crippen LogP contribution in [0.5, 0.6) is 0 Å². The van der Waals surface area contributed by atoms with E-state index in [1.165, 1.54) is 24.0 Å². The summed E-state index contributed by atoms with van der Waals surface area (Å²) in [6.07, 6.45) is -3.47. The van der Waals surface area contributed by atoms with Crippen molar-refractivity contribution in [2.45, 2.75) is 37.6 Å². The van der Waals surface area contributed by atoms with Gasteiger partial charge < -0.3 is 31.1 Å². The van der Waals surface area contributed by atoms with Gasteiger partial charge in [0.05, 0.1) is 12.5 Å². The number of anilines is 1. The van der Waals surface area contributed by atoms with Gasteiger partial charge in [0.15, 0.2) is 11.9 Å². The fraction of sp³-hybridized carbons (Fsp3) is 0.538. The predicted octanol–water partition coefficient (Wildman–Crippen LogP) is -2.48. The molecule has 2 aromatic rings. The van der Waals surface area contributed by atoms with Crippen molar-refractivity contribution in [3.8, 4) is 0 Å². The van der Waals surface area contributed by atoms with Crippen LogP contribution < -0.4 is 11.1 Å². The summed E-state index contributed by atoms with van der Waals surface area (Å²) in [6.45, 7) is 1.29. The second kappa shape index (κ2) is 6.28. The highest BCUT2D eigenvalue weighted by Crippen LogP contribution is 2.30. The molecule has 1 fully saturated rings. The number of carbonyl (C=O) groups is 1. The topological polar surface area (TPSA) is 169 Å². The minimum Gasteiger partial charge on any atom is -0.388 e. The van der Waals surface area contributed by atoms with Crippen molar-refractivity contribution in [3.05, 3.63) is 12.5 Å². The molecule has 2 aromatic heterocycles. The first-order valence-corrected chi connectivity index (χ1v) is 7.27. The molecule has 0 saturated carbocycles. The molecule has 1 aliphatic rings. The van der Waals surface area contributed by atoms with E-state index in [1.54, 1.807) is 0 Å². The highest BCUT2D eigenvalue weighted by atomic mass is 16.5. The van der Waals surface area contributed by atoms with Crippen molar-refractivity contribution in [2.75, 3.05) is 12.3 Å². The molecule has 5 atom stereocenters. The van der Waals surface area contributed by atoms with Crippen LogP contribution in [-0.2, 0) is 9.53 Å². The summed E-state index contributed by atoms with van der Waals surface area (Å²) in [6, 6.07) is 0. The van der Waals surface area contributed by atoms with Crippen LogP contribution in [0.1, 0.15) is 13.2 Å². The summed E-state index contributed by atoms with van der Waals surface area (Å²) in [5.74, 6) is -0.290. The van der Waals surface area contributed by atoms with Gasteiger partial charge in [-0.2, -0.15) is 4.98 Å². The molecule has 130 valence electrons. The Morgan fingerprint density at radius 3 is 2.79 bits per heavy atom. The number of fused-ring (bicyclic) bond motifs is 1. The minimum atomic E-state index is -1.47. The second-order valence-electron chi connectivity index (χ2n) is 5.56. The summed E-state index contributed by atoms with van der Waals surface area (Å²) in [5, 5.41) is 32.9. The van der Waals surface area contributed by atoms with E-state index in [4.69, 9.17) is 10.5 Å². The average molecular weight is 338 g/mol. The number of carbonyl (C=O) groups excluding carboxylic acids is 1. The SMILES string of the molecule is CC(=O)NC[C@H]1O[C@@H](n2cnc3cnc(N)nc32)[C@H](O)[C@@H](O)[C@@H]1O. The lowest BCUT2D eigenvalue weighted by molar-refractivity contribution is -0.242. The van der Waals surface area contributed by atoms with E-state index in [0.717, 1.165) is 0 Å². The smallest absolute Gasteiger partial charge is 0.222 e. The molecule has 0 aromatic carbocycles. The van der Waals surface area contributed by atoms with Gasteiger partial charge in [0, 0.05) is 13.5 Å². The van der Waals surface area contributed by atoms with E-state index < -0.39 is 30.6 Å². The van der Waals surface area contributed by atoms with Gasteiger partial charge in [-0.05, 0) is 0 Å². The monoisotopic (exact) mass is 338 g/mol. The molecule has 1 amide bonds. The third-order valence-corrected chi connectivity index (χ3v) is 3.85. The highest BCUT2D eigenvalue weighted by molar-refractivity contribution is 5.72. The average Bonchev–Trinajstić information content (AvgIpc) is 2.95. The number of ether oxygens (including phenoxy) is 1. The lowest BCUT2D eigenvalue weighted by atomic mass is 9.98. The van der Waals surface area contributed by atoms with Crippen molar-refractivity contribution in [3.63, 3.8) is 0 Å². The van der Waals surface area contributed by atoms with Crippen molar-refractivity contribution < 1.29 is 24.9 Å². The van der Waals surface area contributed by atoms with Crippen molar-refractivity contribution in [2.24, 2.45) is 0 Å². The van der Waals surface area contributed by atoms with E-state index in [0.29, 0.717) is 11.2 Å². The Kier molecular flexibility index (Phi) is 4.32. The summed E-state index contributed by atoms with van der Waals surface area (Å²) in [7, 11) is 0. The van der Waals surface area contributed by atoms with Gasteiger partial charge in [-0.15, -0.1) is 0 Å². The summed E-state index contributed by atoms with van der Waals surface area (Å²) in [5.41, 5.74) is 6.31. The predicted molar refractivity (Wildman–Crippen MR) is 80.3 cm³/mol. The van der Waals surface area contributed by atoms with Crippen LogP contribution in [0.15, 0.2) is 12.5 Å². The number of aliphatic hydroxyl groups excluding tert-OH is 3. The Morgan fingerprint density at radius 2 is 2.08 bits per heavy atom. The van der Waals surface area contributed by atoms with E-state index in [9.17, 15) is 20.1 Å². The lowest BCUT2D eigenvalue weighted by Crippen LogP contribution is -2.58. The molecule has 0 aliphatic carbocycles. The number of aliphatic hydroxyl groups is 3. The van der Waals surface area contributed by atoms with Crippen molar-refractivity contribution >= 4 is 23.0 Å². The van der Waals surface area contributed by atoms with Crippen LogP contribution in [-0.4, -0.2) is 71.7 Å². The van der Waals surface area contributed by atoms with Crippen molar-refractivity contribution in [1.82, 2.24) is 24.8 Å². The number of nitrogens with one attached hydrogen (secondary N) is 1. The van der Waals surface area contributed by atoms with Crippen LogP contribution >= 0.6 is 0 Å².